The number of hydrogen-bond acceptors (Lipinski definition) is 2. The van der Waals surface area contributed by atoms with Crippen LogP contribution in [0.4, 0.5) is 4.39 Å². The maximum absolute atomic E-state index is 13.1. The molecule has 0 aromatic heterocycles. The van der Waals surface area contributed by atoms with Crippen LogP contribution in [0, 0.1) is 5.82 Å². The van der Waals surface area contributed by atoms with Crippen molar-refractivity contribution in [1.82, 2.24) is 5.32 Å². The molecule has 0 fully saturated rings. The molecular weight excluding hydrogens is 293 g/mol. The third-order valence-electron chi connectivity index (χ3n) is 3.63. The molecule has 1 unspecified atom stereocenters. The first kappa shape index (κ1) is 14.0. The highest BCUT2D eigenvalue weighted by atomic mass is 35.5. The van der Waals surface area contributed by atoms with Crippen LogP contribution in [0.15, 0.2) is 36.4 Å². The lowest BCUT2D eigenvalue weighted by atomic mass is 9.94. The smallest absolute Gasteiger partial charge is 0.251 e. The van der Waals surface area contributed by atoms with Gasteiger partial charge in [0.05, 0.1) is 0 Å². The second-order valence-electron chi connectivity index (χ2n) is 4.99. The van der Waals surface area contributed by atoms with E-state index in [0.29, 0.717) is 23.2 Å². The van der Waals surface area contributed by atoms with Crippen molar-refractivity contribution in [3.05, 3.63) is 69.5 Å². The Bertz CT molecular complexity index is 717. The number of carbonyl (C=O) groups is 1. The zero-order chi connectivity index (χ0) is 15.0. The molecule has 0 saturated carbocycles. The Balaban J connectivity index is 2.00. The highest BCUT2D eigenvalue weighted by Gasteiger charge is 2.20. The first-order chi connectivity index (χ1) is 10.1. The first-order valence-electron chi connectivity index (χ1n) is 6.60. The molecule has 1 aliphatic rings. The molecule has 1 aliphatic heterocycles. The highest BCUT2D eigenvalue weighted by Crippen LogP contribution is 2.30. The Morgan fingerprint density at radius 1 is 1.24 bits per heavy atom. The Labute approximate surface area is 126 Å². The van der Waals surface area contributed by atoms with E-state index >= 15 is 0 Å². The topological polar surface area (TPSA) is 49.3 Å². The summed E-state index contributed by atoms with van der Waals surface area (Å²) in [5, 5.41) is 13.3. The van der Waals surface area contributed by atoms with E-state index in [1.54, 1.807) is 12.1 Å². The van der Waals surface area contributed by atoms with E-state index in [1.165, 1.54) is 12.1 Å². The number of aliphatic hydroxyl groups excluding tert-OH is 1. The summed E-state index contributed by atoms with van der Waals surface area (Å²) in [5.41, 5.74) is 2.49. The predicted octanol–water partition coefficient (Wildman–Crippen LogP) is 2.85. The van der Waals surface area contributed by atoms with Gasteiger partial charge in [-0.15, -0.1) is 0 Å². The number of halogens is 2. The summed E-state index contributed by atoms with van der Waals surface area (Å²) < 4.78 is 13.1. The van der Waals surface area contributed by atoms with Crippen LogP contribution in [0.25, 0.3) is 0 Å². The molecule has 3 rings (SSSR count). The van der Waals surface area contributed by atoms with Gasteiger partial charge in [-0.05, 0) is 35.7 Å². The molecule has 3 nitrogen and oxygen atoms in total. The number of amides is 1. The van der Waals surface area contributed by atoms with Gasteiger partial charge in [0, 0.05) is 22.7 Å². The summed E-state index contributed by atoms with van der Waals surface area (Å²) in [4.78, 5) is 11.8. The van der Waals surface area contributed by atoms with Crippen LogP contribution < -0.4 is 5.32 Å². The molecule has 2 aromatic rings. The number of benzene rings is 2. The van der Waals surface area contributed by atoms with Crippen LogP contribution in [-0.2, 0) is 6.42 Å². The molecule has 5 heteroatoms. The monoisotopic (exact) mass is 305 g/mol. The SMILES string of the molecule is O=C1NCCc2ccc(C(O)c3ccc(F)cc3Cl)cc21. The van der Waals surface area contributed by atoms with Gasteiger partial charge in [-0.3, -0.25) is 4.79 Å². The second kappa shape index (κ2) is 5.47. The quantitative estimate of drug-likeness (QED) is 0.896. The standard InChI is InChI=1S/C16H13ClFNO2/c17-14-8-11(18)3-4-12(14)15(20)10-2-1-9-5-6-19-16(21)13(9)7-10/h1-4,7-8,15,20H,5-6H2,(H,19,21). The lowest BCUT2D eigenvalue weighted by Crippen LogP contribution is -2.31. The summed E-state index contributed by atoms with van der Waals surface area (Å²) >= 11 is 5.97. The van der Waals surface area contributed by atoms with Gasteiger partial charge in [0.2, 0.25) is 0 Å². The Kier molecular flexibility index (Phi) is 3.66. The molecule has 1 atom stereocenters. The minimum Gasteiger partial charge on any atom is -0.384 e. The molecule has 21 heavy (non-hydrogen) atoms. The molecule has 0 saturated heterocycles. The van der Waals surface area contributed by atoms with Crippen LogP contribution in [-0.4, -0.2) is 17.6 Å². The third kappa shape index (κ3) is 2.64. The van der Waals surface area contributed by atoms with E-state index < -0.39 is 11.9 Å². The van der Waals surface area contributed by atoms with Crippen LogP contribution in [0.2, 0.25) is 5.02 Å². The van der Waals surface area contributed by atoms with Crippen LogP contribution >= 0.6 is 11.6 Å². The largest absolute Gasteiger partial charge is 0.384 e. The third-order valence-corrected chi connectivity index (χ3v) is 3.96. The van der Waals surface area contributed by atoms with Crippen LogP contribution in [0.3, 0.4) is 0 Å². The molecular formula is C16H13ClFNO2. The second-order valence-corrected chi connectivity index (χ2v) is 5.40. The van der Waals surface area contributed by atoms with Crippen molar-refractivity contribution in [1.29, 1.82) is 0 Å². The highest BCUT2D eigenvalue weighted by molar-refractivity contribution is 6.31. The van der Waals surface area contributed by atoms with Crippen molar-refractivity contribution in [2.24, 2.45) is 0 Å². The van der Waals surface area contributed by atoms with Gasteiger partial charge in [0.1, 0.15) is 11.9 Å². The maximum Gasteiger partial charge on any atom is 0.251 e. The van der Waals surface area contributed by atoms with Gasteiger partial charge in [-0.2, -0.15) is 0 Å². The first-order valence-corrected chi connectivity index (χ1v) is 6.98. The van der Waals surface area contributed by atoms with Crippen LogP contribution in [0.1, 0.15) is 33.2 Å². The van der Waals surface area contributed by atoms with Gasteiger partial charge in [-0.1, -0.05) is 29.8 Å². The average molecular weight is 306 g/mol. The summed E-state index contributed by atoms with van der Waals surface area (Å²) in [5.74, 6) is -0.601. The minimum absolute atomic E-state index is 0.143. The fourth-order valence-corrected chi connectivity index (χ4v) is 2.77. The van der Waals surface area contributed by atoms with Gasteiger partial charge in [-0.25, -0.2) is 4.39 Å². The van der Waals surface area contributed by atoms with E-state index in [-0.39, 0.29) is 10.9 Å². The lowest BCUT2D eigenvalue weighted by molar-refractivity contribution is 0.0945. The lowest BCUT2D eigenvalue weighted by Gasteiger charge is -2.19. The fourth-order valence-electron chi connectivity index (χ4n) is 2.50. The molecule has 1 amide bonds. The molecule has 2 N–H and O–H groups in total. The molecule has 2 aromatic carbocycles. The van der Waals surface area contributed by atoms with Crippen molar-refractivity contribution < 1.29 is 14.3 Å². The number of fused-ring (bicyclic) bond motifs is 1. The molecule has 0 radical (unpaired) electrons. The van der Waals surface area contributed by atoms with Gasteiger partial charge >= 0.3 is 0 Å². The summed E-state index contributed by atoms with van der Waals surface area (Å²) in [7, 11) is 0. The van der Waals surface area contributed by atoms with Crippen molar-refractivity contribution in [2.75, 3.05) is 6.54 Å². The molecule has 1 heterocycles. The zero-order valence-electron chi connectivity index (χ0n) is 11.1. The average Bonchev–Trinajstić information content (AvgIpc) is 2.47. The number of aliphatic hydroxyl groups is 1. The minimum atomic E-state index is -1.00. The van der Waals surface area contributed by atoms with E-state index in [9.17, 15) is 14.3 Å². The van der Waals surface area contributed by atoms with E-state index in [2.05, 4.69) is 5.32 Å². The number of nitrogens with one attached hydrogen (secondary N) is 1. The Morgan fingerprint density at radius 3 is 2.81 bits per heavy atom. The molecule has 108 valence electrons. The van der Waals surface area contributed by atoms with E-state index in [1.807, 2.05) is 6.07 Å². The maximum atomic E-state index is 13.1. The van der Waals surface area contributed by atoms with Crippen LogP contribution in [0.5, 0.6) is 0 Å². The normalized spacial score (nSPS) is 15.3. The molecule has 0 aliphatic carbocycles. The number of rotatable bonds is 2. The molecule has 0 bridgehead atoms. The van der Waals surface area contributed by atoms with Crippen molar-refractivity contribution >= 4 is 17.5 Å². The predicted molar refractivity (Wildman–Crippen MR) is 78.0 cm³/mol. The number of carbonyl (C=O) groups excluding carboxylic acids is 1. The number of hydrogen-bond donors (Lipinski definition) is 2. The summed E-state index contributed by atoms with van der Waals surface area (Å²) in [6.07, 6.45) is -0.229. The van der Waals surface area contributed by atoms with Crippen molar-refractivity contribution in [3.8, 4) is 0 Å². The van der Waals surface area contributed by atoms with Crippen molar-refractivity contribution in [2.45, 2.75) is 12.5 Å². The zero-order valence-corrected chi connectivity index (χ0v) is 11.8. The van der Waals surface area contributed by atoms with Gasteiger partial charge < -0.3 is 10.4 Å². The Hall–Kier alpha value is -1.91. The van der Waals surface area contributed by atoms with E-state index in [0.717, 1.165) is 18.1 Å². The Morgan fingerprint density at radius 2 is 2.05 bits per heavy atom. The molecule has 0 spiro atoms. The fraction of sp³-hybridized carbons (Fsp3) is 0.188. The summed E-state index contributed by atoms with van der Waals surface area (Å²) in [6, 6.07) is 9.11. The van der Waals surface area contributed by atoms with Crippen molar-refractivity contribution in [3.63, 3.8) is 0 Å². The van der Waals surface area contributed by atoms with Gasteiger partial charge in [0.15, 0.2) is 0 Å². The van der Waals surface area contributed by atoms with E-state index in [4.69, 9.17) is 11.6 Å². The summed E-state index contributed by atoms with van der Waals surface area (Å²) in [6.45, 7) is 0.623. The van der Waals surface area contributed by atoms with Gasteiger partial charge in [0.25, 0.3) is 5.91 Å².